The van der Waals surface area contributed by atoms with Gasteiger partial charge in [-0.15, -0.1) is 0 Å². The second-order valence-corrected chi connectivity index (χ2v) is 5.94. The summed E-state index contributed by atoms with van der Waals surface area (Å²) < 4.78 is 29.6. The van der Waals surface area contributed by atoms with E-state index in [0.717, 1.165) is 24.9 Å². The molecule has 0 radical (unpaired) electrons. The molecule has 2 nitrogen and oxygen atoms in total. The Morgan fingerprint density at radius 3 is 2.58 bits per heavy atom. The molecule has 0 aliphatic carbocycles. The van der Waals surface area contributed by atoms with Crippen LogP contribution in [0.3, 0.4) is 0 Å². The first-order chi connectivity index (χ1) is 8.89. The molecule has 1 aliphatic rings. The van der Waals surface area contributed by atoms with E-state index in [0.29, 0.717) is 5.75 Å². The van der Waals surface area contributed by atoms with E-state index >= 15 is 0 Å². The molecule has 106 valence electrons. The quantitative estimate of drug-likeness (QED) is 0.814. The molecule has 19 heavy (non-hydrogen) atoms. The van der Waals surface area contributed by atoms with Crippen LogP contribution in [-0.4, -0.2) is 23.6 Å². The highest BCUT2D eigenvalue weighted by molar-refractivity contribution is 5.36. The molecule has 1 fully saturated rings. The molecule has 1 aromatic carbocycles. The molecule has 1 atom stereocenters. The summed E-state index contributed by atoms with van der Waals surface area (Å²) in [7, 11) is 0. The molecule has 2 rings (SSSR count). The van der Waals surface area contributed by atoms with Crippen LogP contribution in [0.4, 0.5) is 8.78 Å². The summed E-state index contributed by atoms with van der Waals surface area (Å²) in [5, 5.41) is 0. The molecule has 1 aliphatic heterocycles. The van der Waals surface area contributed by atoms with E-state index in [9.17, 15) is 8.78 Å². The average Bonchev–Trinajstić information content (AvgIpc) is 2.77. The highest BCUT2D eigenvalue weighted by Crippen LogP contribution is 2.40. The minimum Gasteiger partial charge on any atom is -0.434 e. The van der Waals surface area contributed by atoms with E-state index in [-0.39, 0.29) is 11.6 Å². The molecule has 1 heterocycles. The lowest BCUT2D eigenvalue weighted by molar-refractivity contribution is -0.0513. The smallest absolute Gasteiger partial charge is 0.387 e. The van der Waals surface area contributed by atoms with Gasteiger partial charge in [-0.3, -0.25) is 4.90 Å². The zero-order valence-corrected chi connectivity index (χ0v) is 11.7. The first-order valence-electron chi connectivity index (χ1n) is 6.70. The van der Waals surface area contributed by atoms with Crippen LogP contribution in [0.5, 0.6) is 5.75 Å². The lowest BCUT2D eigenvalue weighted by atomic mass is 9.98. The predicted molar refractivity (Wildman–Crippen MR) is 71.5 cm³/mol. The van der Waals surface area contributed by atoms with E-state index in [2.05, 4.69) is 30.4 Å². The third-order valence-corrected chi connectivity index (χ3v) is 3.61. The van der Waals surface area contributed by atoms with Gasteiger partial charge in [0.1, 0.15) is 5.75 Å². The van der Waals surface area contributed by atoms with Crippen molar-refractivity contribution in [3.8, 4) is 5.75 Å². The van der Waals surface area contributed by atoms with Gasteiger partial charge in [-0.25, -0.2) is 0 Å². The normalized spacial score (nSPS) is 21.1. The zero-order valence-electron chi connectivity index (χ0n) is 11.7. The second kappa shape index (κ2) is 5.45. The fraction of sp³-hybridized carbons (Fsp3) is 0.600. The van der Waals surface area contributed by atoms with Crippen molar-refractivity contribution in [3.05, 3.63) is 29.8 Å². The highest BCUT2D eigenvalue weighted by atomic mass is 19.3. The molecule has 0 saturated carbocycles. The van der Waals surface area contributed by atoms with Crippen molar-refractivity contribution in [2.45, 2.75) is 51.8 Å². The lowest BCUT2D eigenvalue weighted by Gasteiger charge is -2.37. The highest BCUT2D eigenvalue weighted by Gasteiger charge is 2.35. The third kappa shape index (κ3) is 3.24. The number of hydrogen-bond donors (Lipinski definition) is 0. The summed E-state index contributed by atoms with van der Waals surface area (Å²) in [6.07, 6.45) is 2.08. The van der Waals surface area contributed by atoms with Gasteiger partial charge in [0.2, 0.25) is 0 Å². The van der Waals surface area contributed by atoms with Crippen LogP contribution >= 0.6 is 0 Å². The van der Waals surface area contributed by atoms with Gasteiger partial charge in [0.15, 0.2) is 0 Å². The molecule has 1 unspecified atom stereocenters. The first-order valence-corrected chi connectivity index (χ1v) is 6.70. The van der Waals surface area contributed by atoms with Gasteiger partial charge in [0, 0.05) is 17.1 Å². The number of likely N-dealkylation sites (tertiary alicyclic amines) is 1. The Hall–Kier alpha value is -1.16. The molecule has 0 spiro atoms. The van der Waals surface area contributed by atoms with E-state index in [1.807, 2.05) is 12.1 Å². The topological polar surface area (TPSA) is 12.5 Å². The van der Waals surface area contributed by atoms with E-state index < -0.39 is 6.61 Å². The molecule has 0 amide bonds. The van der Waals surface area contributed by atoms with Crippen molar-refractivity contribution in [3.63, 3.8) is 0 Å². The Bertz CT molecular complexity index is 428. The summed E-state index contributed by atoms with van der Waals surface area (Å²) in [6.45, 7) is 4.69. The number of para-hydroxylation sites is 1. The number of hydrogen-bond acceptors (Lipinski definition) is 2. The number of benzene rings is 1. The van der Waals surface area contributed by atoms with Gasteiger partial charge >= 0.3 is 6.61 Å². The van der Waals surface area contributed by atoms with Crippen LogP contribution in [0.2, 0.25) is 0 Å². The molecule has 1 saturated heterocycles. The molecule has 0 bridgehead atoms. The molecular weight excluding hydrogens is 248 g/mol. The van der Waals surface area contributed by atoms with Gasteiger partial charge in [0.05, 0.1) is 0 Å². The average molecular weight is 269 g/mol. The van der Waals surface area contributed by atoms with Gasteiger partial charge < -0.3 is 4.74 Å². The van der Waals surface area contributed by atoms with Crippen LogP contribution in [0.15, 0.2) is 24.3 Å². The van der Waals surface area contributed by atoms with Crippen LogP contribution in [-0.2, 0) is 0 Å². The monoisotopic (exact) mass is 269 g/mol. The van der Waals surface area contributed by atoms with Crippen LogP contribution in [0.1, 0.15) is 45.2 Å². The molecule has 0 aromatic heterocycles. The maximum atomic E-state index is 12.5. The Morgan fingerprint density at radius 1 is 1.26 bits per heavy atom. The van der Waals surface area contributed by atoms with E-state index in [1.165, 1.54) is 0 Å². The van der Waals surface area contributed by atoms with Gasteiger partial charge in [-0.05, 0) is 46.2 Å². The molecular formula is C15H21F2NO. The summed E-state index contributed by atoms with van der Waals surface area (Å²) in [6, 6.07) is 7.30. The minimum atomic E-state index is -2.77. The molecule has 1 aromatic rings. The number of ether oxygens (including phenoxy) is 1. The van der Waals surface area contributed by atoms with Crippen molar-refractivity contribution >= 4 is 0 Å². The summed E-state index contributed by atoms with van der Waals surface area (Å²) in [4.78, 5) is 2.36. The first kappa shape index (κ1) is 14.3. The second-order valence-electron chi connectivity index (χ2n) is 5.94. The van der Waals surface area contributed by atoms with Crippen molar-refractivity contribution in [2.24, 2.45) is 0 Å². The standard InChI is InChI=1S/C15H21F2NO/c1-15(2,3)18-10-6-8-12(18)11-7-4-5-9-13(11)19-14(16)17/h4-5,7,9,12,14H,6,8,10H2,1-3H3. The van der Waals surface area contributed by atoms with Crippen molar-refractivity contribution in [2.75, 3.05) is 6.54 Å². The van der Waals surface area contributed by atoms with Gasteiger partial charge in [0.25, 0.3) is 0 Å². The Kier molecular flexibility index (Phi) is 4.09. The van der Waals surface area contributed by atoms with Crippen molar-refractivity contribution < 1.29 is 13.5 Å². The fourth-order valence-corrected chi connectivity index (χ4v) is 2.85. The molecule has 4 heteroatoms. The maximum Gasteiger partial charge on any atom is 0.387 e. The number of halogens is 2. The summed E-state index contributed by atoms with van der Waals surface area (Å²) in [5.41, 5.74) is 0.897. The van der Waals surface area contributed by atoms with Crippen LogP contribution < -0.4 is 4.74 Å². The van der Waals surface area contributed by atoms with Gasteiger partial charge in [-0.1, -0.05) is 18.2 Å². The Balaban J connectivity index is 2.30. The lowest BCUT2D eigenvalue weighted by Crippen LogP contribution is -2.40. The zero-order chi connectivity index (χ0) is 14.0. The predicted octanol–water partition coefficient (Wildman–Crippen LogP) is 4.22. The van der Waals surface area contributed by atoms with E-state index in [1.54, 1.807) is 12.1 Å². The van der Waals surface area contributed by atoms with Crippen molar-refractivity contribution in [1.29, 1.82) is 0 Å². The maximum absolute atomic E-state index is 12.5. The fourth-order valence-electron chi connectivity index (χ4n) is 2.85. The van der Waals surface area contributed by atoms with Crippen LogP contribution in [0, 0.1) is 0 Å². The third-order valence-electron chi connectivity index (χ3n) is 3.61. The minimum absolute atomic E-state index is 0.0269. The number of alkyl halides is 2. The van der Waals surface area contributed by atoms with Crippen LogP contribution in [0.25, 0.3) is 0 Å². The van der Waals surface area contributed by atoms with Gasteiger partial charge in [-0.2, -0.15) is 8.78 Å². The SMILES string of the molecule is CC(C)(C)N1CCCC1c1ccccc1OC(F)F. The van der Waals surface area contributed by atoms with E-state index in [4.69, 9.17) is 0 Å². The Morgan fingerprint density at radius 2 is 1.95 bits per heavy atom. The largest absolute Gasteiger partial charge is 0.434 e. The number of nitrogens with zero attached hydrogens (tertiary/aromatic N) is 1. The number of rotatable bonds is 3. The summed E-state index contributed by atoms with van der Waals surface area (Å²) >= 11 is 0. The summed E-state index contributed by atoms with van der Waals surface area (Å²) in [5.74, 6) is 0.304. The molecule has 0 N–H and O–H groups in total. The Labute approximate surface area is 113 Å². The van der Waals surface area contributed by atoms with Crippen molar-refractivity contribution in [1.82, 2.24) is 4.90 Å².